The van der Waals surface area contributed by atoms with Gasteiger partial charge in [0, 0.05) is 51.5 Å². The lowest BCUT2D eigenvalue weighted by Gasteiger charge is -2.30. The number of amides is 1. The Morgan fingerprint density at radius 2 is 2.00 bits per heavy atom. The summed E-state index contributed by atoms with van der Waals surface area (Å²) in [6.07, 6.45) is 7.30. The number of carbonyl (C=O) groups excluding carboxylic acids is 2. The number of rotatable bonds is 9. The fourth-order valence-electron chi connectivity index (χ4n) is 3.08. The first kappa shape index (κ1) is 30.7. The van der Waals surface area contributed by atoms with E-state index < -0.39 is 5.83 Å². The maximum atomic E-state index is 12.9. The molecule has 1 N–H and O–H groups in total. The van der Waals surface area contributed by atoms with Gasteiger partial charge >= 0.3 is 0 Å². The van der Waals surface area contributed by atoms with Crippen LogP contribution in [0.25, 0.3) is 11.1 Å². The van der Waals surface area contributed by atoms with Crippen molar-refractivity contribution in [2.24, 2.45) is 0 Å². The largest absolute Gasteiger partial charge is 0.494 e. The Balaban J connectivity index is 0.000000826. The van der Waals surface area contributed by atoms with E-state index in [1.54, 1.807) is 24.0 Å². The Morgan fingerprint density at radius 1 is 1.31 bits per heavy atom. The average Bonchev–Trinajstić information content (AvgIpc) is 3.45. The number of carbonyl (C=O) groups is 2. The average molecular weight is 532 g/mol. The number of nitrogens with zero attached hydrogens (tertiary/aromatic N) is 2. The highest BCUT2D eigenvalue weighted by molar-refractivity contribution is 7.99. The molecule has 0 unspecified atom stereocenters. The molecule has 3 rings (SSSR count). The number of anilines is 1. The third kappa shape index (κ3) is 9.02. The zero-order valence-corrected chi connectivity index (χ0v) is 22.0. The third-order valence-corrected chi connectivity index (χ3v) is 6.49. The van der Waals surface area contributed by atoms with E-state index in [-0.39, 0.29) is 5.91 Å². The van der Waals surface area contributed by atoms with Gasteiger partial charge < -0.3 is 14.4 Å². The number of thioether (sulfide) groups is 1. The number of fused-ring (bicyclic) bond motifs is 1. The maximum absolute atomic E-state index is 12.9. The molecule has 1 aromatic carbocycles. The van der Waals surface area contributed by atoms with Crippen molar-refractivity contribution < 1.29 is 18.7 Å². The molecular formula is C27H31ClFN3O3S. The first-order valence-electron chi connectivity index (χ1n) is 10.9. The molecule has 2 aromatic rings. The molecule has 192 valence electrons. The van der Waals surface area contributed by atoms with Crippen molar-refractivity contribution in [3.8, 4) is 11.1 Å². The molecule has 9 heteroatoms. The van der Waals surface area contributed by atoms with Crippen LogP contribution in [-0.4, -0.2) is 41.8 Å². The molecular weight excluding hydrogens is 501 g/mol. The number of aromatic nitrogens is 2. The second-order valence-electron chi connectivity index (χ2n) is 7.24. The van der Waals surface area contributed by atoms with Gasteiger partial charge in [0.15, 0.2) is 0 Å². The summed E-state index contributed by atoms with van der Waals surface area (Å²) >= 11 is 7.80. The standard InChI is InChI=1S/C22H24ClN3O2S.C4H5F.CH2O/c1-4-19(23)15(2)16(3)28-11-6-9-21(27)26-10-12-29-22-18(7-5-8-20(22)26)17-13-24-25-14-17;1-3-4(2)5;1-2/h4-5,7-8,13-14H,1,3,6,9-12H2,2H3,(H,24,25);3H,1-2H2;1H2/b19-15+;;. The number of hydrogen-bond acceptors (Lipinski definition) is 5. The van der Waals surface area contributed by atoms with Gasteiger partial charge in [-0.3, -0.25) is 9.89 Å². The van der Waals surface area contributed by atoms with E-state index >= 15 is 0 Å². The molecule has 1 aliphatic heterocycles. The molecule has 0 aliphatic carbocycles. The van der Waals surface area contributed by atoms with E-state index in [2.05, 4.69) is 42.6 Å². The minimum atomic E-state index is -0.481. The molecule has 0 atom stereocenters. The van der Waals surface area contributed by atoms with Crippen LogP contribution < -0.4 is 4.90 Å². The Kier molecular flexibility index (Phi) is 13.9. The van der Waals surface area contributed by atoms with Gasteiger partial charge in [-0.25, -0.2) is 4.39 Å². The number of benzene rings is 1. The summed E-state index contributed by atoms with van der Waals surface area (Å²) in [4.78, 5) is 23.9. The van der Waals surface area contributed by atoms with E-state index in [4.69, 9.17) is 21.1 Å². The highest BCUT2D eigenvalue weighted by Gasteiger charge is 2.25. The molecule has 1 aromatic heterocycles. The summed E-state index contributed by atoms with van der Waals surface area (Å²) in [5, 5.41) is 7.41. The Labute approximate surface area is 221 Å². The molecule has 0 bridgehead atoms. The molecule has 36 heavy (non-hydrogen) atoms. The number of halogens is 2. The minimum Gasteiger partial charge on any atom is -0.494 e. The summed E-state index contributed by atoms with van der Waals surface area (Å²) in [5.74, 6) is 0.989. The van der Waals surface area contributed by atoms with Crippen LogP contribution in [0.3, 0.4) is 0 Å². The molecule has 2 heterocycles. The van der Waals surface area contributed by atoms with Crippen molar-refractivity contribution in [3.05, 3.63) is 91.3 Å². The van der Waals surface area contributed by atoms with Crippen LogP contribution in [0.4, 0.5) is 10.1 Å². The summed E-state index contributed by atoms with van der Waals surface area (Å²) in [5.41, 5.74) is 3.84. The van der Waals surface area contributed by atoms with Gasteiger partial charge in [0.2, 0.25) is 5.91 Å². The molecule has 0 saturated heterocycles. The van der Waals surface area contributed by atoms with Gasteiger partial charge in [0.05, 0.1) is 18.5 Å². The monoisotopic (exact) mass is 531 g/mol. The van der Waals surface area contributed by atoms with Crippen molar-refractivity contribution in [2.45, 2.75) is 24.7 Å². The lowest BCUT2D eigenvalue weighted by molar-refractivity contribution is -0.118. The Morgan fingerprint density at radius 3 is 2.58 bits per heavy atom. The van der Waals surface area contributed by atoms with Crippen LogP contribution in [0.15, 0.2) is 96.1 Å². The number of hydrogen-bond donors (Lipinski definition) is 1. The van der Waals surface area contributed by atoms with Gasteiger partial charge in [-0.05, 0) is 25.5 Å². The van der Waals surface area contributed by atoms with E-state index in [1.807, 2.05) is 36.9 Å². The van der Waals surface area contributed by atoms with E-state index in [1.165, 1.54) is 0 Å². The number of ether oxygens (including phenoxy) is 1. The Bertz CT molecular complexity index is 1100. The fraction of sp³-hybridized carbons (Fsp3) is 0.222. The van der Waals surface area contributed by atoms with Crippen molar-refractivity contribution in [3.63, 3.8) is 0 Å². The van der Waals surface area contributed by atoms with Gasteiger partial charge in [0.25, 0.3) is 0 Å². The first-order valence-corrected chi connectivity index (χ1v) is 12.3. The molecule has 1 amide bonds. The zero-order valence-electron chi connectivity index (χ0n) is 20.4. The first-order chi connectivity index (χ1) is 17.3. The number of H-pyrrole nitrogens is 1. The summed E-state index contributed by atoms with van der Waals surface area (Å²) in [6.45, 7) is 18.4. The summed E-state index contributed by atoms with van der Waals surface area (Å²) in [7, 11) is 0. The molecule has 0 fully saturated rings. The van der Waals surface area contributed by atoms with Gasteiger partial charge in [0.1, 0.15) is 18.4 Å². The molecule has 0 saturated carbocycles. The van der Waals surface area contributed by atoms with Gasteiger partial charge in [-0.2, -0.15) is 5.10 Å². The second kappa shape index (κ2) is 16.3. The van der Waals surface area contributed by atoms with Gasteiger partial charge in [-0.1, -0.05) is 56.1 Å². The molecule has 0 radical (unpaired) electrons. The van der Waals surface area contributed by atoms with Crippen LogP contribution in [0, 0.1) is 0 Å². The minimum absolute atomic E-state index is 0.0986. The number of aromatic amines is 1. The van der Waals surface area contributed by atoms with Crippen molar-refractivity contribution in [2.75, 3.05) is 23.8 Å². The van der Waals surface area contributed by atoms with Crippen LogP contribution >= 0.6 is 23.4 Å². The normalized spacial score (nSPS) is 12.4. The lowest BCUT2D eigenvalue weighted by Crippen LogP contribution is -2.35. The quantitative estimate of drug-likeness (QED) is 0.214. The highest BCUT2D eigenvalue weighted by Crippen LogP contribution is 2.41. The van der Waals surface area contributed by atoms with Crippen LogP contribution in [-0.2, 0) is 14.3 Å². The fourth-order valence-corrected chi connectivity index (χ4v) is 4.33. The second-order valence-corrected chi connectivity index (χ2v) is 8.75. The predicted octanol–water partition coefficient (Wildman–Crippen LogP) is 7.00. The molecule has 0 spiro atoms. The molecule has 6 nitrogen and oxygen atoms in total. The van der Waals surface area contributed by atoms with Gasteiger partial charge in [-0.15, -0.1) is 11.8 Å². The highest BCUT2D eigenvalue weighted by atomic mass is 35.5. The van der Waals surface area contributed by atoms with Crippen molar-refractivity contribution >= 4 is 41.7 Å². The number of nitrogens with one attached hydrogen (secondary N) is 1. The Hall–Kier alpha value is -3.36. The predicted molar refractivity (Wildman–Crippen MR) is 148 cm³/mol. The van der Waals surface area contributed by atoms with Crippen molar-refractivity contribution in [1.29, 1.82) is 0 Å². The third-order valence-electron chi connectivity index (χ3n) is 4.95. The van der Waals surface area contributed by atoms with Crippen LogP contribution in [0.2, 0.25) is 0 Å². The smallest absolute Gasteiger partial charge is 0.227 e. The summed E-state index contributed by atoms with van der Waals surface area (Å²) in [6, 6.07) is 6.06. The number of allylic oxidation sites excluding steroid dienone is 5. The zero-order chi connectivity index (χ0) is 27.1. The molecule has 1 aliphatic rings. The van der Waals surface area contributed by atoms with Crippen molar-refractivity contribution in [1.82, 2.24) is 10.2 Å². The topological polar surface area (TPSA) is 75.3 Å². The summed E-state index contributed by atoms with van der Waals surface area (Å²) < 4.78 is 16.8. The lowest BCUT2D eigenvalue weighted by atomic mass is 10.1. The van der Waals surface area contributed by atoms with Crippen LogP contribution in [0.5, 0.6) is 0 Å². The van der Waals surface area contributed by atoms with Crippen LogP contribution in [0.1, 0.15) is 19.8 Å². The SMILES string of the molecule is C=C/C(Cl)=C(/C)C(=C)OCCCC(=O)N1CCSc2c(-c3cn[nH]c3)cccc21.C=CC(=C)F.C=O. The van der Waals surface area contributed by atoms with E-state index in [9.17, 15) is 9.18 Å². The maximum Gasteiger partial charge on any atom is 0.227 e. The van der Waals surface area contributed by atoms with E-state index in [0.29, 0.717) is 36.8 Å². The van der Waals surface area contributed by atoms with E-state index in [0.717, 1.165) is 39.1 Å².